The van der Waals surface area contributed by atoms with Crippen molar-refractivity contribution in [2.75, 3.05) is 6.54 Å². The van der Waals surface area contributed by atoms with Gasteiger partial charge in [0, 0.05) is 64.3 Å². The Bertz CT molecular complexity index is 1820. The Morgan fingerprint density at radius 2 is 1.29 bits per heavy atom. The van der Waals surface area contributed by atoms with Gasteiger partial charge in [0.1, 0.15) is 11.5 Å². The normalized spacial score (nSPS) is 14.5. The fourth-order valence-electron chi connectivity index (χ4n) is 6.08. The molecule has 1 aliphatic rings. The van der Waals surface area contributed by atoms with E-state index in [2.05, 4.69) is 25.6 Å². The molecule has 0 radical (unpaired) electrons. The number of hydrogen-bond acceptors (Lipinski definition) is 2. The third kappa shape index (κ3) is 4.47. The quantitative estimate of drug-likeness (QED) is 0.162. The number of benzene rings is 3. The lowest BCUT2D eigenvalue weighted by Crippen LogP contribution is -2.53. The van der Waals surface area contributed by atoms with E-state index in [1.807, 2.05) is 98.3 Å². The van der Waals surface area contributed by atoms with Crippen molar-refractivity contribution in [2.45, 2.75) is 37.6 Å². The van der Waals surface area contributed by atoms with Gasteiger partial charge in [-0.1, -0.05) is 54.6 Å². The highest BCUT2D eigenvalue weighted by Crippen LogP contribution is 2.40. The van der Waals surface area contributed by atoms with Crippen molar-refractivity contribution in [1.82, 2.24) is 25.6 Å². The van der Waals surface area contributed by atoms with Gasteiger partial charge in [0.25, 0.3) is 0 Å². The average molecular weight is 544 g/mol. The maximum atomic E-state index is 14.7. The molecule has 1 atom stereocenters. The Morgan fingerprint density at radius 1 is 0.780 bits per heavy atom. The van der Waals surface area contributed by atoms with Gasteiger partial charge in [-0.05, 0) is 60.6 Å². The molecule has 0 spiro atoms. The summed E-state index contributed by atoms with van der Waals surface area (Å²) in [5.74, 6) is 0.153. The van der Waals surface area contributed by atoms with E-state index in [9.17, 15) is 9.59 Å². The molecule has 1 saturated carbocycles. The average Bonchev–Trinajstić information content (AvgIpc) is 3.38. The van der Waals surface area contributed by atoms with Crippen molar-refractivity contribution < 1.29 is 9.59 Å². The molecule has 0 unspecified atom stereocenters. The summed E-state index contributed by atoms with van der Waals surface area (Å²) in [6, 6.07) is 23.3. The number of fused-ring (bicyclic) bond motifs is 3. The predicted octanol–water partition coefficient (Wildman–Crippen LogP) is 5.69. The van der Waals surface area contributed by atoms with Gasteiger partial charge in [0.2, 0.25) is 11.8 Å². The van der Waals surface area contributed by atoms with Crippen LogP contribution in [0.15, 0.2) is 91.4 Å². The Balaban J connectivity index is 1.30. The van der Waals surface area contributed by atoms with E-state index in [0.717, 1.165) is 62.2 Å². The van der Waals surface area contributed by atoms with Crippen molar-refractivity contribution in [3.8, 4) is 0 Å². The lowest BCUT2D eigenvalue weighted by Gasteiger charge is -2.31. The summed E-state index contributed by atoms with van der Waals surface area (Å²) in [4.78, 5) is 38.4. The van der Waals surface area contributed by atoms with Crippen LogP contribution in [-0.4, -0.2) is 39.4 Å². The molecule has 0 aliphatic heterocycles. The monoisotopic (exact) mass is 543 g/mol. The number of amides is 2. The number of aromatic amines is 3. The maximum absolute atomic E-state index is 14.7. The van der Waals surface area contributed by atoms with Crippen molar-refractivity contribution in [1.29, 1.82) is 0 Å². The van der Waals surface area contributed by atoms with E-state index in [-0.39, 0.29) is 11.8 Å². The van der Waals surface area contributed by atoms with Crippen molar-refractivity contribution in [3.05, 3.63) is 108 Å². The molecule has 7 nitrogen and oxygen atoms in total. The molecule has 2 amide bonds. The van der Waals surface area contributed by atoms with Crippen molar-refractivity contribution >= 4 is 44.5 Å². The van der Waals surface area contributed by atoms with Gasteiger partial charge in [-0.3, -0.25) is 9.59 Å². The zero-order chi connectivity index (χ0) is 28.0. The zero-order valence-corrected chi connectivity index (χ0v) is 23.0. The molecule has 5 N–H and O–H groups in total. The van der Waals surface area contributed by atoms with E-state index >= 15 is 0 Å². The standard InChI is InChI=1S/C34H33N5O2/c1-34(26-19-36-29-12-6-3-9-24(26)29,27-20-37-30-13-7-4-10-25(27)30)33(41)39-31(32(40)38-17-21-14-15-21)16-22-18-35-28-11-5-2-8-23(22)28/h2-13,18-21,31,35-37H,14-17H2,1H3,(H,38,40)(H,39,41)/t31-/m0/s1. The summed E-state index contributed by atoms with van der Waals surface area (Å²) in [6.45, 7) is 2.60. The molecule has 0 bridgehead atoms. The number of H-pyrrole nitrogens is 3. The number of hydrogen-bond donors (Lipinski definition) is 5. The van der Waals surface area contributed by atoms with Gasteiger partial charge >= 0.3 is 0 Å². The molecule has 7 rings (SSSR count). The fraction of sp³-hybridized carbons (Fsp3) is 0.235. The van der Waals surface area contributed by atoms with E-state index in [4.69, 9.17) is 0 Å². The first-order valence-electron chi connectivity index (χ1n) is 14.3. The molecule has 206 valence electrons. The van der Waals surface area contributed by atoms with E-state index in [0.29, 0.717) is 18.9 Å². The van der Waals surface area contributed by atoms with Crippen LogP contribution in [0.2, 0.25) is 0 Å². The van der Waals surface area contributed by atoms with Gasteiger partial charge in [-0.25, -0.2) is 0 Å². The van der Waals surface area contributed by atoms with Crippen LogP contribution in [0.25, 0.3) is 32.7 Å². The molecule has 1 fully saturated rings. The number of para-hydroxylation sites is 3. The maximum Gasteiger partial charge on any atom is 0.242 e. The first kappa shape index (κ1) is 25.2. The summed E-state index contributed by atoms with van der Waals surface area (Å²) in [5, 5.41) is 9.33. The Kier molecular flexibility index (Phi) is 6.15. The lowest BCUT2D eigenvalue weighted by atomic mass is 9.75. The van der Waals surface area contributed by atoms with Gasteiger partial charge in [-0.15, -0.1) is 0 Å². The lowest BCUT2D eigenvalue weighted by molar-refractivity contribution is -0.131. The fourth-order valence-corrected chi connectivity index (χ4v) is 6.08. The highest BCUT2D eigenvalue weighted by Gasteiger charge is 2.42. The van der Waals surface area contributed by atoms with Crippen LogP contribution in [0.3, 0.4) is 0 Å². The van der Waals surface area contributed by atoms with Gasteiger partial charge in [0.05, 0.1) is 0 Å². The summed E-state index contributed by atoms with van der Waals surface area (Å²) < 4.78 is 0. The van der Waals surface area contributed by atoms with Crippen molar-refractivity contribution in [2.24, 2.45) is 5.92 Å². The molecule has 7 heteroatoms. The molecule has 41 heavy (non-hydrogen) atoms. The van der Waals surface area contributed by atoms with Crippen LogP contribution in [0.4, 0.5) is 0 Å². The minimum absolute atomic E-state index is 0.157. The topological polar surface area (TPSA) is 106 Å². The molecule has 6 aromatic rings. The van der Waals surface area contributed by atoms with Crippen LogP contribution < -0.4 is 10.6 Å². The molecule has 3 aromatic carbocycles. The second kappa shape index (κ2) is 10.0. The smallest absolute Gasteiger partial charge is 0.242 e. The van der Waals surface area contributed by atoms with Crippen molar-refractivity contribution in [3.63, 3.8) is 0 Å². The Labute approximate surface area is 237 Å². The first-order chi connectivity index (χ1) is 20.0. The summed E-state index contributed by atoms with van der Waals surface area (Å²) >= 11 is 0. The Morgan fingerprint density at radius 3 is 1.88 bits per heavy atom. The molecule has 3 aromatic heterocycles. The van der Waals surface area contributed by atoms with E-state index in [1.165, 1.54) is 0 Å². The minimum atomic E-state index is -1.09. The van der Waals surface area contributed by atoms with Crippen LogP contribution in [0.5, 0.6) is 0 Å². The van der Waals surface area contributed by atoms with Gasteiger partial charge in [-0.2, -0.15) is 0 Å². The summed E-state index contributed by atoms with van der Waals surface area (Å²) in [5.41, 5.74) is 4.55. The van der Waals surface area contributed by atoms with E-state index < -0.39 is 11.5 Å². The number of carbonyl (C=O) groups excluding carboxylic acids is 2. The molecule has 0 saturated heterocycles. The van der Waals surface area contributed by atoms with Crippen LogP contribution in [0.1, 0.15) is 36.5 Å². The molecule has 1 aliphatic carbocycles. The molecular formula is C34H33N5O2. The first-order valence-corrected chi connectivity index (χ1v) is 14.3. The van der Waals surface area contributed by atoms with Crippen LogP contribution >= 0.6 is 0 Å². The molecule has 3 heterocycles. The minimum Gasteiger partial charge on any atom is -0.361 e. The third-order valence-corrected chi connectivity index (χ3v) is 8.69. The van der Waals surface area contributed by atoms with Gasteiger partial charge in [0.15, 0.2) is 0 Å². The highest BCUT2D eigenvalue weighted by atomic mass is 16.2. The third-order valence-electron chi connectivity index (χ3n) is 8.69. The zero-order valence-electron chi connectivity index (χ0n) is 23.0. The predicted molar refractivity (Wildman–Crippen MR) is 163 cm³/mol. The highest BCUT2D eigenvalue weighted by molar-refractivity contribution is 6.03. The largest absolute Gasteiger partial charge is 0.361 e. The second-order valence-electron chi connectivity index (χ2n) is 11.4. The van der Waals surface area contributed by atoms with Gasteiger partial charge < -0.3 is 25.6 Å². The SMILES string of the molecule is CC(C(=O)N[C@@H](Cc1c[nH]c2ccccc12)C(=O)NCC1CC1)(c1c[nH]c2ccccc12)c1c[nH]c2ccccc12. The number of aromatic nitrogens is 3. The number of carbonyl (C=O) groups is 2. The summed E-state index contributed by atoms with van der Waals surface area (Å²) in [6.07, 6.45) is 8.44. The molecular weight excluding hydrogens is 510 g/mol. The number of nitrogens with one attached hydrogen (secondary N) is 5. The second-order valence-corrected chi connectivity index (χ2v) is 11.4. The number of rotatable bonds is 9. The van der Waals surface area contributed by atoms with Crippen LogP contribution in [0, 0.1) is 5.92 Å². The van der Waals surface area contributed by atoms with E-state index in [1.54, 1.807) is 0 Å². The van der Waals surface area contributed by atoms with Crippen LogP contribution in [-0.2, 0) is 21.4 Å². The Hall–Kier alpha value is -4.78. The summed E-state index contributed by atoms with van der Waals surface area (Å²) in [7, 11) is 0.